The summed E-state index contributed by atoms with van der Waals surface area (Å²) in [5.74, 6) is 0.658. The highest BCUT2D eigenvalue weighted by atomic mass is 32.2. The third-order valence-electron chi connectivity index (χ3n) is 2.27. The number of pyridine rings is 1. The van der Waals surface area contributed by atoms with Gasteiger partial charge in [-0.25, -0.2) is 0 Å². The lowest BCUT2D eigenvalue weighted by Gasteiger charge is -2.14. The Morgan fingerprint density at radius 1 is 1.40 bits per heavy atom. The molecule has 15 heavy (non-hydrogen) atoms. The van der Waals surface area contributed by atoms with Gasteiger partial charge in [-0.15, -0.1) is 11.8 Å². The smallest absolute Gasteiger partial charge is 0.141 e. The van der Waals surface area contributed by atoms with Gasteiger partial charge in [-0.2, -0.15) is 0 Å². The van der Waals surface area contributed by atoms with E-state index in [4.69, 9.17) is 11.1 Å². The lowest BCUT2D eigenvalue weighted by atomic mass is 10.2. The number of thioether (sulfide) groups is 1. The van der Waals surface area contributed by atoms with Gasteiger partial charge in [0.05, 0.1) is 0 Å². The Labute approximate surface area is 95.0 Å². The van der Waals surface area contributed by atoms with Crippen LogP contribution in [0.2, 0.25) is 0 Å². The molecule has 1 heterocycles. The van der Waals surface area contributed by atoms with E-state index in [2.05, 4.69) is 25.8 Å². The minimum absolute atomic E-state index is 0.0171. The summed E-state index contributed by atoms with van der Waals surface area (Å²) in [4.78, 5) is 5.25. The van der Waals surface area contributed by atoms with E-state index in [0.717, 1.165) is 4.90 Å². The fourth-order valence-corrected chi connectivity index (χ4v) is 1.92. The summed E-state index contributed by atoms with van der Waals surface area (Å²) in [6.45, 7) is 6.61. The van der Waals surface area contributed by atoms with Crippen molar-refractivity contribution >= 4 is 17.6 Å². The average molecular weight is 223 g/mol. The Kier molecular flexibility index (Phi) is 4.15. The first-order valence-corrected chi connectivity index (χ1v) is 5.85. The largest absolute Gasteiger partial charge is 0.382 e. The fraction of sp³-hybridized carbons (Fsp3) is 0.455. The summed E-state index contributed by atoms with van der Waals surface area (Å²) in [6, 6.07) is 3.75. The number of hydrogen-bond donors (Lipinski definition) is 2. The molecule has 1 unspecified atom stereocenters. The molecule has 0 fully saturated rings. The monoisotopic (exact) mass is 223 g/mol. The summed E-state index contributed by atoms with van der Waals surface area (Å²) in [6.07, 6.45) is 1.78. The van der Waals surface area contributed by atoms with Crippen LogP contribution >= 0.6 is 11.8 Å². The van der Waals surface area contributed by atoms with Gasteiger partial charge in [-0.1, -0.05) is 20.8 Å². The zero-order chi connectivity index (χ0) is 11.4. The first kappa shape index (κ1) is 12.0. The number of hydrogen-bond acceptors (Lipinski definition) is 3. The molecule has 0 aromatic carbocycles. The maximum absolute atomic E-state index is 7.22. The van der Waals surface area contributed by atoms with Crippen molar-refractivity contribution in [3.8, 4) is 0 Å². The van der Waals surface area contributed by atoms with Crippen molar-refractivity contribution in [1.82, 2.24) is 4.98 Å². The molecule has 0 amide bonds. The molecular formula is C11H17N3S. The van der Waals surface area contributed by atoms with Gasteiger partial charge in [-0.3, -0.25) is 10.4 Å². The number of rotatable bonds is 4. The third-order valence-corrected chi connectivity index (χ3v) is 3.70. The average Bonchev–Trinajstić information content (AvgIpc) is 2.18. The van der Waals surface area contributed by atoms with Crippen LogP contribution in [0, 0.1) is 11.3 Å². The van der Waals surface area contributed by atoms with Gasteiger partial charge in [0, 0.05) is 16.3 Å². The van der Waals surface area contributed by atoms with Gasteiger partial charge in [0.2, 0.25) is 0 Å². The zero-order valence-electron chi connectivity index (χ0n) is 9.32. The third kappa shape index (κ3) is 3.55. The number of nitrogens with one attached hydrogen (secondary N) is 1. The highest BCUT2D eigenvalue weighted by Crippen LogP contribution is 2.26. The fourth-order valence-electron chi connectivity index (χ4n) is 0.960. The van der Waals surface area contributed by atoms with Crippen LogP contribution in [0.4, 0.5) is 0 Å². The van der Waals surface area contributed by atoms with E-state index in [1.165, 1.54) is 0 Å². The minimum Gasteiger partial charge on any atom is -0.382 e. The van der Waals surface area contributed by atoms with Gasteiger partial charge >= 0.3 is 0 Å². The second kappa shape index (κ2) is 5.16. The maximum atomic E-state index is 7.22. The van der Waals surface area contributed by atoms with Crippen LogP contribution in [0.25, 0.3) is 0 Å². The van der Waals surface area contributed by atoms with Crippen LogP contribution < -0.4 is 5.73 Å². The molecule has 0 saturated heterocycles. The SMILES string of the molecule is CC(C)C(C)Sc1ccc(C(=N)N)nc1. The first-order chi connectivity index (χ1) is 7.00. The molecule has 1 aromatic rings. The number of nitrogen functional groups attached to an aromatic ring is 1. The van der Waals surface area contributed by atoms with E-state index < -0.39 is 0 Å². The molecule has 1 atom stereocenters. The Bertz CT molecular complexity index is 332. The van der Waals surface area contributed by atoms with Crippen LogP contribution in [0.1, 0.15) is 26.5 Å². The molecule has 0 radical (unpaired) electrons. The van der Waals surface area contributed by atoms with Crippen molar-refractivity contribution in [2.24, 2.45) is 11.7 Å². The van der Waals surface area contributed by atoms with E-state index in [-0.39, 0.29) is 5.84 Å². The second-order valence-electron chi connectivity index (χ2n) is 3.86. The molecule has 1 rings (SSSR count). The molecule has 0 bridgehead atoms. The van der Waals surface area contributed by atoms with Crippen molar-refractivity contribution in [3.63, 3.8) is 0 Å². The summed E-state index contributed by atoms with van der Waals surface area (Å²) >= 11 is 1.80. The molecule has 0 saturated carbocycles. The Morgan fingerprint density at radius 2 is 2.07 bits per heavy atom. The van der Waals surface area contributed by atoms with Gasteiger partial charge in [0.1, 0.15) is 11.5 Å². The van der Waals surface area contributed by atoms with Crippen LogP contribution in [0.15, 0.2) is 23.2 Å². The van der Waals surface area contributed by atoms with Crippen molar-refractivity contribution < 1.29 is 0 Å². The van der Waals surface area contributed by atoms with E-state index >= 15 is 0 Å². The second-order valence-corrected chi connectivity index (χ2v) is 5.31. The van der Waals surface area contributed by atoms with Crippen molar-refractivity contribution in [2.75, 3.05) is 0 Å². The minimum atomic E-state index is 0.0171. The predicted molar refractivity (Wildman–Crippen MR) is 65.4 cm³/mol. The van der Waals surface area contributed by atoms with Crippen molar-refractivity contribution in [3.05, 3.63) is 24.0 Å². The van der Waals surface area contributed by atoms with Crippen LogP contribution in [0.5, 0.6) is 0 Å². The molecule has 1 aromatic heterocycles. The lowest BCUT2D eigenvalue weighted by Crippen LogP contribution is -2.12. The normalized spacial score (nSPS) is 12.8. The molecule has 3 N–H and O–H groups in total. The topological polar surface area (TPSA) is 62.8 Å². The highest BCUT2D eigenvalue weighted by molar-refractivity contribution is 8.00. The summed E-state index contributed by atoms with van der Waals surface area (Å²) in [5.41, 5.74) is 5.87. The Hall–Kier alpha value is -1.03. The molecule has 0 spiro atoms. The number of nitrogens with zero attached hydrogens (tertiary/aromatic N) is 1. The van der Waals surface area contributed by atoms with Crippen molar-refractivity contribution in [2.45, 2.75) is 30.9 Å². The molecule has 3 nitrogen and oxygen atoms in total. The van der Waals surface area contributed by atoms with Crippen molar-refractivity contribution in [1.29, 1.82) is 5.41 Å². The van der Waals surface area contributed by atoms with Gasteiger partial charge in [0.15, 0.2) is 0 Å². The van der Waals surface area contributed by atoms with E-state index in [0.29, 0.717) is 16.9 Å². The Morgan fingerprint density at radius 3 is 2.47 bits per heavy atom. The number of amidine groups is 1. The molecule has 0 aliphatic carbocycles. The Balaban J connectivity index is 2.68. The summed E-state index contributed by atoms with van der Waals surface area (Å²) < 4.78 is 0. The molecular weight excluding hydrogens is 206 g/mol. The standard InChI is InChI=1S/C11H17N3S/c1-7(2)8(3)15-9-4-5-10(11(12)13)14-6-9/h4-8H,1-3H3,(H3,12,13). The maximum Gasteiger partial charge on any atom is 0.141 e. The molecule has 0 aliphatic heterocycles. The molecule has 4 heteroatoms. The summed E-state index contributed by atoms with van der Waals surface area (Å²) in [7, 11) is 0. The number of aromatic nitrogens is 1. The van der Waals surface area contributed by atoms with Crippen LogP contribution in [-0.2, 0) is 0 Å². The molecule has 0 aliphatic rings. The lowest BCUT2D eigenvalue weighted by molar-refractivity contribution is 0.642. The summed E-state index contributed by atoms with van der Waals surface area (Å²) in [5, 5.41) is 7.79. The number of nitrogens with two attached hydrogens (primary N) is 1. The van der Waals surface area contributed by atoms with Crippen LogP contribution in [-0.4, -0.2) is 16.1 Å². The van der Waals surface area contributed by atoms with E-state index in [9.17, 15) is 0 Å². The first-order valence-electron chi connectivity index (χ1n) is 4.98. The van der Waals surface area contributed by atoms with Gasteiger partial charge in [0.25, 0.3) is 0 Å². The van der Waals surface area contributed by atoms with Crippen LogP contribution in [0.3, 0.4) is 0 Å². The van der Waals surface area contributed by atoms with Gasteiger partial charge in [-0.05, 0) is 18.1 Å². The zero-order valence-corrected chi connectivity index (χ0v) is 10.1. The molecule has 82 valence electrons. The van der Waals surface area contributed by atoms with Gasteiger partial charge < -0.3 is 5.73 Å². The highest BCUT2D eigenvalue weighted by Gasteiger charge is 2.09. The quantitative estimate of drug-likeness (QED) is 0.468. The van der Waals surface area contributed by atoms with E-state index in [1.54, 1.807) is 24.0 Å². The van der Waals surface area contributed by atoms with E-state index in [1.807, 2.05) is 6.07 Å². The predicted octanol–water partition coefficient (Wildman–Crippen LogP) is 2.50.